The van der Waals surface area contributed by atoms with Crippen LogP contribution in [0.4, 0.5) is 0 Å². The Kier molecular flexibility index (Phi) is 9.96. The van der Waals surface area contributed by atoms with Gasteiger partial charge in [-0.1, -0.05) is 41.5 Å². The molecule has 0 bridgehead atoms. The minimum atomic E-state index is 0. The van der Waals surface area contributed by atoms with Crippen molar-refractivity contribution in [2.24, 2.45) is 20.0 Å². The summed E-state index contributed by atoms with van der Waals surface area (Å²) in [5.74, 6) is 1.34. The van der Waals surface area contributed by atoms with E-state index in [9.17, 15) is 0 Å². The molecule has 0 saturated heterocycles. The summed E-state index contributed by atoms with van der Waals surface area (Å²) in [5.41, 5.74) is 5.85. The molecule has 0 N–H and O–H groups in total. The Hall–Kier alpha value is -0.989. The zero-order valence-electron chi connectivity index (χ0n) is 16.2. The fourth-order valence-electron chi connectivity index (χ4n) is 3.32. The van der Waals surface area contributed by atoms with Gasteiger partial charge in [-0.2, -0.15) is 0 Å². The van der Waals surface area contributed by atoms with Crippen LogP contribution >= 0.6 is 0 Å². The van der Waals surface area contributed by atoms with Gasteiger partial charge in [0.2, 0.25) is 0 Å². The van der Waals surface area contributed by atoms with Crippen LogP contribution in [0, 0.1) is 40.8 Å². The summed E-state index contributed by atoms with van der Waals surface area (Å²) in [7, 11) is 0. The van der Waals surface area contributed by atoms with E-state index in [0.717, 1.165) is 22.8 Å². The van der Waals surface area contributed by atoms with Crippen molar-refractivity contribution in [2.45, 2.75) is 25.9 Å². The molecule has 2 atom stereocenters. The fourth-order valence-corrected chi connectivity index (χ4v) is 3.32. The average molecular weight is 590 g/mol. The van der Waals surface area contributed by atoms with Crippen LogP contribution in [0.2, 0.25) is 0 Å². The largest absolute Gasteiger partial charge is 3.00 e. The maximum absolute atomic E-state index is 4.73. The number of halogens is 3. The molecule has 4 aliphatic rings. The van der Waals surface area contributed by atoms with Gasteiger partial charge in [0.05, 0.1) is 11.4 Å². The van der Waals surface area contributed by atoms with Crippen molar-refractivity contribution in [3.63, 3.8) is 0 Å². The summed E-state index contributed by atoms with van der Waals surface area (Å²) < 4.78 is 0. The Morgan fingerprint density at radius 1 is 0.667 bits per heavy atom. The van der Waals surface area contributed by atoms with E-state index < -0.39 is 0 Å². The predicted molar refractivity (Wildman–Crippen MR) is 106 cm³/mol. The van der Waals surface area contributed by atoms with Gasteiger partial charge in [0.1, 0.15) is 23.5 Å². The molecule has 2 aliphatic carbocycles. The number of rotatable bonds is 2. The molecule has 0 saturated carbocycles. The third-order valence-electron chi connectivity index (χ3n) is 4.68. The van der Waals surface area contributed by atoms with Gasteiger partial charge in [-0.05, 0) is 38.1 Å². The Morgan fingerprint density at radius 2 is 1.10 bits per heavy atom. The van der Waals surface area contributed by atoms with Crippen LogP contribution in [0.1, 0.15) is 25.2 Å². The molecule has 2 unspecified atom stereocenters. The molecule has 151 valence electrons. The van der Waals surface area contributed by atoms with Crippen molar-refractivity contribution < 1.29 is 78.1 Å². The van der Waals surface area contributed by atoms with Gasteiger partial charge in [-0.15, -0.1) is 0 Å². The first-order valence-electron chi connectivity index (χ1n) is 8.69. The summed E-state index contributed by atoms with van der Waals surface area (Å²) in [6.45, 7) is 4.14. The molecule has 1 radical (unpaired) electrons. The van der Waals surface area contributed by atoms with E-state index in [1.807, 2.05) is 30.4 Å². The van der Waals surface area contributed by atoms with Crippen LogP contribution in [0.3, 0.4) is 0 Å². The zero-order chi connectivity index (χ0) is 17.7. The zero-order valence-corrected chi connectivity index (χ0v) is 21.7. The fraction of sp³-hybridized carbons (Fsp3) is 0.190. The molecule has 0 aromatic carbocycles. The van der Waals surface area contributed by atoms with Crippen molar-refractivity contribution in [1.82, 2.24) is 4.98 Å². The monoisotopic (exact) mass is 586 g/mol. The maximum atomic E-state index is 4.73. The van der Waals surface area contributed by atoms with Crippen molar-refractivity contribution >= 4 is 23.1 Å². The molecule has 9 heteroatoms. The van der Waals surface area contributed by atoms with Gasteiger partial charge in [0.25, 0.3) is 0 Å². The molecular weight excluding hydrogens is 573 g/mol. The molecule has 3 heterocycles. The second-order valence-electron chi connectivity index (χ2n) is 6.76. The van der Waals surface area contributed by atoms with Crippen LogP contribution in [0.5, 0.6) is 0 Å². The summed E-state index contributed by atoms with van der Waals surface area (Å²) in [6.07, 6.45) is 12.4. The Morgan fingerprint density at radius 3 is 1.53 bits per heavy atom. The minimum absolute atomic E-state index is 0. The number of hydrogen-bond acceptors (Lipinski definition) is 5. The number of pyridine rings is 1. The summed E-state index contributed by atoms with van der Waals surface area (Å²) in [4.78, 5) is 23.4. The topological polar surface area (TPSA) is 62.3 Å². The van der Waals surface area contributed by atoms with Gasteiger partial charge >= 0.3 is 40.8 Å². The number of nitrogens with zero attached hydrogens (tertiary/aromatic N) is 5. The van der Waals surface area contributed by atoms with Gasteiger partial charge in [0, 0.05) is 0 Å². The number of hydrogen-bond donors (Lipinski definition) is 0. The Balaban J connectivity index is 0.00000112. The molecular formula is C21H17Cl3N5Nd. The molecule has 1 aromatic heterocycles. The SMILES string of the molecule is CC1=CC2N=C(c3cccc(C4=NC5C=C(C)C=CC5=N4)n3)N=C2C=C1.[Cl-].[Cl-].[Cl-].[Nd+3]. The van der Waals surface area contributed by atoms with Crippen molar-refractivity contribution in [3.8, 4) is 0 Å². The second kappa shape index (κ2) is 11.0. The van der Waals surface area contributed by atoms with Gasteiger partial charge in [-0.3, -0.25) is 9.98 Å². The van der Waals surface area contributed by atoms with E-state index in [-0.39, 0.29) is 90.1 Å². The van der Waals surface area contributed by atoms with E-state index in [0.29, 0.717) is 11.7 Å². The summed E-state index contributed by atoms with van der Waals surface area (Å²) in [5, 5.41) is 0. The molecule has 0 fully saturated rings. The quantitative estimate of drug-likeness (QED) is 0.339. The summed E-state index contributed by atoms with van der Waals surface area (Å²) in [6, 6.07) is 5.84. The van der Waals surface area contributed by atoms with Crippen LogP contribution in [-0.4, -0.2) is 40.2 Å². The Bertz CT molecular complexity index is 999. The van der Waals surface area contributed by atoms with E-state index in [2.05, 4.69) is 48.1 Å². The number of amidine groups is 2. The van der Waals surface area contributed by atoms with E-state index in [4.69, 9.17) is 15.0 Å². The maximum Gasteiger partial charge on any atom is 3.00 e. The predicted octanol–water partition coefficient (Wildman–Crippen LogP) is -5.73. The average Bonchev–Trinajstić information content (AvgIpc) is 3.25. The molecule has 2 aliphatic heterocycles. The number of aliphatic imine (C=N–C) groups is 4. The number of fused-ring (bicyclic) bond motifs is 2. The number of aromatic nitrogens is 1. The van der Waals surface area contributed by atoms with Crippen molar-refractivity contribution in [3.05, 3.63) is 77.2 Å². The molecule has 0 amide bonds. The van der Waals surface area contributed by atoms with Crippen LogP contribution in [-0.2, 0) is 0 Å². The Labute approximate surface area is 227 Å². The van der Waals surface area contributed by atoms with Crippen LogP contribution in [0.25, 0.3) is 0 Å². The minimum Gasteiger partial charge on any atom is -1.00 e. The summed E-state index contributed by atoms with van der Waals surface area (Å²) >= 11 is 0. The first-order valence-corrected chi connectivity index (χ1v) is 8.69. The molecule has 30 heavy (non-hydrogen) atoms. The van der Waals surface area contributed by atoms with Gasteiger partial charge < -0.3 is 37.2 Å². The first kappa shape index (κ1) is 27.0. The smallest absolute Gasteiger partial charge is 1.00 e. The number of allylic oxidation sites excluding steroid dienone is 4. The molecule has 0 spiro atoms. The van der Waals surface area contributed by atoms with Crippen LogP contribution < -0.4 is 37.2 Å². The second-order valence-corrected chi connectivity index (χ2v) is 6.76. The van der Waals surface area contributed by atoms with E-state index >= 15 is 0 Å². The van der Waals surface area contributed by atoms with Crippen molar-refractivity contribution in [2.75, 3.05) is 0 Å². The standard InChI is InChI=1S/C21H17N5.3ClH.Nd/c1-12-6-8-14-18(10-12)25-20(23-14)16-4-3-5-17(22-16)21-24-15-9-7-13(2)11-19(15)26-21;;;;/h3-11,18-19H,1-2H3;3*1H;/q;;;;+3/p-3. The third-order valence-corrected chi connectivity index (χ3v) is 4.68. The third kappa shape index (κ3) is 5.25. The van der Waals surface area contributed by atoms with Gasteiger partial charge in [-0.25, -0.2) is 15.0 Å². The van der Waals surface area contributed by atoms with E-state index in [1.54, 1.807) is 0 Å². The van der Waals surface area contributed by atoms with Gasteiger partial charge in [0.15, 0.2) is 11.7 Å². The normalized spacial score (nSPS) is 22.2. The molecule has 1 aromatic rings. The molecule has 5 nitrogen and oxygen atoms in total. The molecule has 5 rings (SSSR count). The first-order chi connectivity index (χ1) is 12.7. The van der Waals surface area contributed by atoms with E-state index in [1.165, 1.54) is 11.1 Å². The van der Waals surface area contributed by atoms with Crippen molar-refractivity contribution in [1.29, 1.82) is 0 Å². The van der Waals surface area contributed by atoms with Crippen LogP contribution in [0.15, 0.2) is 85.8 Å².